The van der Waals surface area contributed by atoms with Crippen LogP contribution in [0.3, 0.4) is 0 Å². The van der Waals surface area contributed by atoms with E-state index in [1.54, 1.807) is 0 Å². The molecule has 4 rings (SSSR count). The predicted octanol–water partition coefficient (Wildman–Crippen LogP) is 3.57. The van der Waals surface area contributed by atoms with Gasteiger partial charge in [0, 0.05) is 19.4 Å². The molecule has 3 nitrogen and oxygen atoms in total. The van der Waals surface area contributed by atoms with Crippen LogP contribution < -0.4 is 0 Å². The monoisotopic (exact) mass is 293 g/mol. The SMILES string of the molecule is C1CCN(C[C@H]2CO[C@]3(CC[C@@H]4CCCC[C@@H]4C3)O2)CC1. The number of hydrogen-bond acceptors (Lipinski definition) is 3. The molecule has 1 spiro atoms. The molecule has 2 saturated heterocycles. The number of likely N-dealkylation sites (tertiary alicyclic amines) is 1. The van der Waals surface area contributed by atoms with Crippen LogP contribution >= 0.6 is 0 Å². The maximum atomic E-state index is 6.48. The van der Waals surface area contributed by atoms with Crippen LogP contribution in [0.4, 0.5) is 0 Å². The third kappa shape index (κ3) is 3.16. The molecular formula is C18H31NO2. The predicted molar refractivity (Wildman–Crippen MR) is 83.1 cm³/mol. The van der Waals surface area contributed by atoms with Gasteiger partial charge in [0.15, 0.2) is 5.79 Å². The topological polar surface area (TPSA) is 21.7 Å². The molecule has 0 N–H and O–H groups in total. The van der Waals surface area contributed by atoms with Gasteiger partial charge in [-0.05, 0) is 50.6 Å². The lowest BCUT2D eigenvalue weighted by Crippen LogP contribution is -2.43. The first-order valence-corrected chi connectivity index (χ1v) is 9.37. The summed E-state index contributed by atoms with van der Waals surface area (Å²) in [5.41, 5.74) is 0. The Balaban J connectivity index is 1.32. The van der Waals surface area contributed by atoms with Gasteiger partial charge in [-0.15, -0.1) is 0 Å². The van der Waals surface area contributed by atoms with Crippen LogP contribution in [0.15, 0.2) is 0 Å². The molecular weight excluding hydrogens is 262 g/mol. The summed E-state index contributed by atoms with van der Waals surface area (Å²) >= 11 is 0. The molecule has 2 aliphatic heterocycles. The summed E-state index contributed by atoms with van der Waals surface area (Å²) in [4.78, 5) is 2.59. The fourth-order valence-corrected chi connectivity index (χ4v) is 5.21. The van der Waals surface area contributed by atoms with Crippen molar-refractivity contribution in [1.29, 1.82) is 0 Å². The van der Waals surface area contributed by atoms with Crippen LogP contribution in [0.2, 0.25) is 0 Å². The average molecular weight is 293 g/mol. The van der Waals surface area contributed by atoms with Crippen LogP contribution in [0.1, 0.15) is 64.2 Å². The Hall–Kier alpha value is -0.120. The Labute approximate surface area is 129 Å². The van der Waals surface area contributed by atoms with Crippen LogP contribution in [0.5, 0.6) is 0 Å². The van der Waals surface area contributed by atoms with Crippen molar-refractivity contribution in [2.24, 2.45) is 11.8 Å². The zero-order valence-electron chi connectivity index (χ0n) is 13.4. The van der Waals surface area contributed by atoms with Crippen LogP contribution in [-0.4, -0.2) is 43.0 Å². The zero-order valence-corrected chi connectivity index (χ0v) is 13.4. The summed E-state index contributed by atoms with van der Waals surface area (Å²) in [7, 11) is 0. The first kappa shape index (κ1) is 14.5. The zero-order chi connectivity index (χ0) is 14.1. The molecule has 0 radical (unpaired) electrons. The number of nitrogens with zero attached hydrogens (tertiary/aromatic N) is 1. The lowest BCUT2D eigenvalue weighted by atomic mass is 9.69. The van der Waals surface area contributed by atoms with Gasteiger partial charge in [-0.1, -0.05) is 25.7 Å². The summed E-state index contributed by atoms with van der Waals surface area (Å²) in [6, 6.07) is 0. The first-order chi connectivity index (χ1) is 10.3. The second-order valence-corrected chi connectivity index (χ2v) is 7.87. The van der Waals surface area contributed by atoms with E-state index in [1.807, 2.05) is 0 Å². The second kappa shape index (κ2) is 6.17. The molecule has 4 atom stereocenters. The summed E-state index contributed by atoms with van der Waals surface area (Å²) in [5, 5.41) is 0. The first-order valence-electron chi connectivity index (χ1n) is 9.37. The highest BCUT2D eigenvalue weighted by molar-refractivity contribution is 4.92. The van der Waals surface area contributed by atoms with Gasteiger partial charge < -0.3 is 14.4 Å². The Morgan fingerprint density at radius 1 is 0.905 bits per heavy atom. The summed E-state index contributed by atoms with van der Waals surface area (Å²) in [6.45, 7) is 4.44. The summed E-state index contributed by atoms with van der Waals surface area (Å²) in [6.07, 6.45) is 13.9. The quantitative estimate of drug-likeness (QED) is 0.777. The van der Waals surface area contributed by atoms with Crippen molar-refractivity contribution in [3.8, 4) is 0 Å². The molecule has 120 valence electrons. The van der Waals surface area contributed by atoms with E-state index in [9.17, 15) is 0 Å². The van der Waals surface area contributed by atoms with Gasteiger partial charge in [0.1, 0.15) is 0 Å². The van der Waals surface area contributed by atoms with Gasteiger partial charge in [-0.3, -0.25) is 0 Å². The molecule has 0 aromatic rings. The Morgan fingerprint density at radius 2 is 1.71 bits per heavy atom. The maximum Gasteiger partial charge on any atom is 0.169 e. The normalized spacial score (nSPS) is 44.9. The van der Waals surface area contributed by atoms with Gasteiger partial charge in [0.25, 0.3) is 0 Å². The molecule has 2 saturated carbocycles. The highest BCUT2D eigenvalue weighted by atomic mass is 16.7. The van der Waals surface area contributed by atoms with Gasteiger partial charge in [0.05, 0.1) is 12.7 Å². The fourth-order valence-electron chi connectivity index (χ4n) is 5.21. The van der Waals surface area contributed by atoms with E-state index in [4.69, 9.17) is 9.47 Å². The molecule has 4 fully saturated rings. The van der Waals surface area contributed by atoms with Crippen molar-refractivity contribution >= 4 is 0 Å². The van der Waals surface area contributed by atoms with E-state index < -0.39 is 0 Å². The lowest BCUT2D eigenvalue weighted by molar-refractivity contribution is -0.208. The van der Waals surface area contributed by atoms with Crippen molar-refractivity contribution in [3.05, 3.63) is 0 Å². The van der Waals surface area contributed by atoms with Crippen molar-refractivity contribution in [1.82, 2.24) is 4.90 Å². The number of hydrogen-bond donors (Lipinski definition) is 0. The molecule has 0 unspecified atom stereocenters. The number of ether oxygens (including phenoxy) is 2. The smallest absolute Gasteiger partial charge is 0.169 e. The maximum absolute atomic E-state index is 6.48. The lowest BCUT2D eigenvalue weighted by Gasteiger charge is -2.43. The number of rotatable bonds is 2. The Bertz CT molecular complexity index is 355. The molecule has 0 aromatic carbocycles. The molecule has 4 aliphatic rings. The molecule has 0 bridgehead atoms. The molecule has 0 amide bonds. The average Bonchev–Trinajstić information content (AvgIpc) is 2.90. The Morgan fingerprint density at radius 3 is 2.57 bits per heavy atom. The molecule has 21 heavy (non-hydrogen) atoms. The van der Waals surface area contributed by atoms with E-state index in [2.05, 4.69) is 4.90 Å². The standard InChI is InChI=1S/C18H31NO2/c1-4-10-19(11-5-1)13-17-14-20-18(21-17)9-8-15-6-2-3-7-16(15)12-18/h15-17H,1-14H2/t15-,16+,17-,18+/m0/s1. The summed E-state index contributed by atoms with van der Waals surface area (Å²) in [5.74, 6) is 1.65. The van der Waals surface area contributed by atoms with Gasteiger partial charge in [0.2, 0.25) is 0 Å². The van der Waals surface area contributed by atoms with Crippen molar-refractivity contribution in [3.63, 3.8) is 0 Å². The van der Waals surface area contributed by atoms with Gasteiger partial charge in [-0.25, -0.2) is 0 Å². The minimum absolute atomic E-state index is 0.195. The van der Waals surface area contributed by atoms with Crippen LogP contribution in [0.25, 0.3) is 0 Å². The van der Waals surface area contributed by atoms with E-state index in [0.29, 0.717) is 6.10 Å². The molecule has 2 heterocycles. The minimum atomic E-state index is -0.195. The Kier molecular flexibility index (Phi) is 4.25. The highest BCUT2D eigenvalue weighted by Gasteiger charge is 2.48. The largest absolute Gasteiger partial charge is 0.347 e. The third-order valence-corrected chi connectivity index (χ3v) is 6.36. The highest BCUT2D eigenvalue weighted by Crippen LogP contribution is 2.48. The van der Waals surface area contributed by atoms with Crippen molar-refractivity contribution in [2.45, 2.75) is 76.1 Å². The fraction of sp³-hybridized carbons (Fsp3) is 1.00. The van der Waals surface area contributed by atoms with Gasteiger partial charge in [-0.2, -0.15) is 0 Å². The van der Waals surface area contributed by atoms with Crippen LogP contribution in [-0.2, 0) is 9.47 Å². The number of fused-ring (bicyclic) bond motifs is 1. The van der Waals surface area contributed by atoms with Crippen molar-refractivity contribution in [2.75, 3.05) is 26.2 Å². The van der Waals surface area contributed by atoms with E-state index in [1.165, 1.54) is 70.9 Å². The van der Waals surface area contributed by atoms with E-state index in [-0.39, 0.29) is 5.79 Å². The van der Waals surface area contributed by atoms with E-state index in [0.717, 1.165) is 31.4 Å². The van der Waals surface area contributed by atoms with Crippen LogP contribution in [0, 0.1) is 11.8 Å². The molecule has 2 aliphatic carbocycles. The second-order valence-electron chi connectivity index (χ2n) is 7.87. The third-order valence-electron chi connectivity index (χ3n) is 6.36. The molecule has 0 aromatic heterocycles. The molecule has 3 heteroatoms. The van der Waals surface area contributed by atoms with Gasteiger partial charge >= 0.3 is 0 Å². The van der Waals surface area contributed by atoms with E-state index >= 15 is 0 Å². The summed E-state index contributed by atoms with van der Waals surface area (Å²) < 4.78 is 12.7. The van der Waals surface area contributed by atoms with Crippen molar-refractivity contribution < 1.29 is 9.47 Å². The minimum Gasteiger partial charge on any atom is -0.347 e. The number of piperidine rings is 1.